The van der Waals surface area contributed by atoms with Crippen LogP contribution in [0.5, 0.6) is 5.75 Å². The van der Waals surface area contributed by atoms with Gasteiger partial charge < -0.3 is 30.2 Å². The molecule has 2 aromatic rings. The van der Waals surface area contributed by atoms with E-state index in [0.717, 1.165) is 43.3 Å². The molecule has 2 atom stereocenters. The molecule has 1 aromatic carbocycles. The third-order valence-electron chi connectivity index (χ3n) is 9.04. The number of esters is 2. The molecular formula is C41H63N5O9S. The lowest BCUT2D eigenvalue weighted by molar-refractivity contribution is -0.157. The van der Waals surface area contributed by atoms with E-state index in [0.29, 0.717) is 62.1 Å². The molecule has 1 aliphatic rings. The number of ether oxygens (including phenoxy) is 3. The first kappa shape index (κ1) is 46.3. The van der Waals surface area contributed by atoms with Crippen molar-refractivity contribution in [3.63, 3.8) is 0 Å². The standard InChI is InChI=1S/C41H63N5O9S/c1-27-24-30(54-23-13-18-35(47)42-21-22-44-40(3,4)5)25-28(2)37(27)56(51,52)46-34(39(50)53-9)26-43-36(48)17-11-10-14-29-19-20-31-32(15-12-16-33(31)45-29)38(49)55-41(6,7)8/h19-20,24-25,32,34,44,46H,10-18,21-23,26H2,1-9H3,(H,42,47)(H,43,48)/t32?,34-/m1/s1. The number of aryl methyl sites for hydroxylation is 4. The molecule has 1 aliphatic carbocycles. The van der Waals surface area contributed by atoms with Crippen molar-refractivity contribution in [3.8, 4) is 5.75 Å². The van der Waals surface area contributed by atoms with Crippen LogP contribution in [0.2, 0.25) is 0 Å². The first-order valence-electron chi connectivity index (χ1n) is 19.5. The van der Waals surface area contributed by atoms with E-state index in [9.17, 15) is 27.6 Å². The predicted molar refractivity (Wildman–Crippen MR) is 214 cm³/mol. The lowest BCUT2D eigenvalue weighted by Crippen LogP contribution is -2.49. The summed E-state index contributed by atoms with van der Waals surface area (Å²) in [6.07, 6.45) is 5.23. The zero-order valence-electron chi connectivity index (χ0n) is 34.7. The number of hydrogen-bond donors (Lipinski definition) is 4. The third-order valence-corrected chi connectivity index (χ3v) is 10.8. The topological polar surface area (TPSA) is 191 Å². The van der Waals surface area contributed by atoms with Crippen molar-refractivity contribution in [2.75, 3.05) is 33.4 Å². The van der Waals surface area contributed by atoms with Crippen LogP contribution in [0.1, 0.15) is 120 Å². The second kappa shape index (κ2) is 20.9. The fraction of sp³-hybridized carbons (Fsp3) is 0.634. The molecule has 0 fully saturated rings. The molecule has 0 aliphatic heterocycles. The van der Waals surface area contributed by atoms with E-state index >= 15 is 0 Å². The monoisotopic (exact) mass is 801 g/mol. The van der Waals surface area contributed by atoms with E-state index < -0.39 is 27.6 Å². The largest absolute Gasteiger partial charge is 0.494 e. The summed E-state index contributed by atoms with van der Waals surface area (Å²) in [5.41, 5.74) is 2.96. The molecule has 1 aromatic heterocycles. The molecule has 0 radical (unpaired) electrons. The predicted octanol–water partition coefficient (Wildman–Crippen LogP) is 4.47. The summed E-state index contributed by atoms with van der Waals surface area (Å²) in [5, 5.41) is 8.84. The lowest BCUT2D eigenvalue weighted by Gasteiger charge is -2.27. The summed E-state index contributed by atoms with van der Waals surface area (Å²) in [6.45, 7) is 16.2. The van der Waals surface area contributed by atoms with Crippen LogP contribution in [0.25, 0.3) is 0 Å². The van der Waals surface area contributed by atoms with Crippen LogP contribution in [-0.2, 0) is 51.5 Å². The smallest absolute Gasteiger partial charge is 0.325 e. The van der Waals surface area contributed by atoms with Gasteiger partial charge in [-0.3, -0.25) is 24.2 Å². The quantitative estimate of drug-likeness (QED) is 0.109. The molecule has 2 amide bonds. The minimum Gasteiger partial charge on any atom is -0.494 e. The second-order valence-corrected chi connectivity index (χ2v) is 18.0. The number of rotatable bonds is 20. The number of methoxy groups -OCH3 is 1. The minimum absolute atomic E-state index is 0.00975. The maximum Gasteiger partial charge on any atom is 0.325 e. The number of unbranched alkanes of at least 4 members (excludes halogenated alkanes) is 1. The van der Waals surface area contributed by atoms with E-state index in [1.807, 2.05) is 32.9 Å². The molecule has 56 heavy (non-hydrogen) atoms. The number of aromatic nitrogens is 1. The Morgan fingerprint density at radius 3 is 2.21 bits per heavy atom. The van der Waals surface area contributed by atoms with Crippen LogP contribution in [0, 0.1) is 13.8 Å². The minimum atomic E-state index is -4.22. The van der Waals surface area contributed by atoms with Crippen molar-refractivity contribution in [2.45, 2.75) is 141 Å². The SMILES string of the molecule is COC(=O)[C@@H](CNC(=O)CCCCc1ccc2c(n1)CCCC2C(=O)OC(C)(C)C)NS(=O)(=O)c1c(C)cc(OCCCC(=O)NCCNC(C)(C)C)cc1C. The van der Waals surface area contributed by atoms with E-state index in [2.05, 4.69) is 41.4 Å². The van der Waals surface area contributed by atoms with Gasteiger partial charge in [-0.15, -0.1) is 0 Å². The second-order valence-electron chi connectivity index (χ2n) is 16.4. The van der Waals surface area contributed by atoms with Crippen LogP contribution in [-0.4, -0.2) is 87.7 Å². The van der Waals surface area contributed by atoms with E-state index in [4.69, 9.17) is 19.2 Å². The number of pyridine rings is 1. The Labute approximate surface area is 333 Å². The highest BCUT2D eigenvalue weighted by Gasteiger charge is 2.32. The van der Waals surface area contributed by atoms with Gasteiger partial charge >= 0.3 is 11.9 Å². The Balaban J connectivity index is 1.47. The molecule has 0 saturated heterocycles. The summed E-state index contributed by atoms with van der Waals surface area (Å²) >= 11 is 0. The van der Waals surface area contributed by atoms with E-state index in [1.165, 1.54) is 0 Å². The highest BCUT2D eigenvalue weighted by Crippen LogP contribution is 2.33. The molecule has 0 saturated carbocycles. The van der Waals surface area contributed by atoms with Crippen molar-refractivity contribution in [1.29, 1.82) is 0 Å². The molecule has 0 bridgehead atoms. The number of fused-ring (bicyclic) bond motifs is 1. The number of nitrogens with zero attached hydrogens (tertiary/aromatic N) is 1. The van der Waals surface area contributed by atoms with Crippen molar-refractivity contribution >= 4 is 33.8 Å². The Morgan fingerprint density at radius 1 is 0.911 bits per heavy atom. The summed E-state index contributed by atoms with van der Waals surface area (Å²) in [5.74, 6) is -1.33. The zero-order valence-corrected chi connectivity index (χ0v) is 35.5. The fourth-order valence-corrected chi connectivity index (χ4v) is 8.12. The van der Waals surface area contributed by atoms with Crippen LogP contribution >= 0.6 is 0 Å². The maximum absolute atomic E-state index is 13.6. The third kappa shape index (κ3) is 15.5. The molecular weight excluding hydrogens is 739 g/mol. The van der Waals surface area contributed by atoms with Crippen molar-refractivity contribution in [3.05, 3.63) is 52.3 Å². The van der Waals surface area contributed by atoms with Gasteiger partial charge in [-0.1, -0.05) is 6.07 Å². The highest BCUT2D eigenvalue weighted by molar-refractivity contribution is 7.89. The molecule has 4 N–H and O–H groups in total. The molecule has 312 valence electrons. The summed E-state index contributed by atoms with van der Waals surface area (Å²) < 4.78 is 45.8. The van der Waals surface area contributed by atoms with Crippen LogP contribution in [0.3, 0.4) is 0 Å². The molecule has 1 unspecified atom stereocenters. The van der Waals surface area contributed by atoms with Crippen molar-refractivity contribution < 1.29 is 41.8 Å². The summed E-state index contributed by atoms with van der Waals surface area (Å²) in [4.78, 5) is 55.1. The first-order chi connectivity index (χ1) is 26.2. The number of amides is 2. The number of carbonyl (C=O) groups excluding carboxylic acids is 4. The number of benzene rings is 1. The van der Waals surface area contributed by atoms with Crippen molar-refractivity contribution in [1.82, 2.24) is 25.7 Å². The van der Waals surface area contributed by atoms with Crippen LogP contribution in [0.15, 0.2) is 29.2 Å². The summed E-state index contributed by atoms with van der Waals surface area (Å²) in [7, 11) is -3.07. The first-order valence-corrected chi connectivity index (χ1v) is 21.0. The Hall–Kier alpha value is -4.08. The average Bonchev–Trinajstić information content (AvgIpc) is 3.10. The number of sulfonamides is 1. The molecule has 15 heteroatoms. The average molecular weight is 802 g/mol. The molecule has 0 spiro atoms. The molecule has 14 nitrogen and oxygen atoms in total. The van der Waals surface area contributed by atoms with E-state index in [1.54, 1.807) is 26.0 Å². The molecule has 1 heterocycles. The Morgan fingerprint density at radius 2 is 1.57 bits per heavy atom. The zero-order chi connectivity index (χ0) is 41.7. The van der Waals surface area contributed by atoms with Gasteiger partial charge in [0.15, 0.2) is 0 Å². The molecule has 3 rings (SSSR count). The number of nitrogens with one attached hydrogen (secondary N) is 4. The van der Waals surface area contributed by atoms with Gasteiger partial charge in [0.1, 0.15) is 17.4 Å². The van der Waals surface area contributed by atoms with E-state index in [-0.39, 0.29) is 53.7 Å². The fourth-order valence-electron chi connectivity index (χ4n) is 6.49. The van der Waals surface area contributed by atoms with Crippen LogP contribution in [0.4, 0.5) is 0 Å². The van der Waals surface area contributed by atoms with Gasteiger partial charge in [0.05, 0.1) is 24.5 Å². The Bertz CT molecular complexity index is 1760. The lowest BCUT2D eigenvalue weighted by atomic mass is 9.85. The normalized spacial score (nSPS) is 15.0. The van der Waals surface area contributed by atoms with Crippen LogP contribution < -0.4 is 25.4 Å². The maximum atomic E-state index is 13.6. The van der Waals surface area contributed by atoms with Crippen molar-refractivity contribution in [2.24, 2.45) is 0 Å². The van der Waals surface area contributed by atoms with Gasteiger partial charge in [-0.05, 0) is 135 Å². The highest BCUT2D eigenvalue weighted by atomic mass is 32.2. The summed E-state index contributed by atoms with van der Waals surface area (Å²) in [6, 6.07) is 5.72. The van der Waals surface area contributed by atoms with Gasteiger partial charge in [0, 0.05) is 49.4 Å². The van der Waals surface area contributed by atoms with Gasteiger partial charge in [0.25, 0.3) is 0 Å². The van der Waals surface area contributed by atoms with Gasteiger partial charge in [-0.2, -0.15) is 4.72 Å². The number of hydrogen-bond acceptors (Lipinski definition) is 11. The Kier molecular flexibility index (Phi) is 17.3. The number of carbonyl (C=O) groups is 4. The van der Waals surface area contributed by atoms with Gasteiger partial charge in [-0.25, -0.2) is 8.42 Å². The van der Waals surface area contributed by atoms with Gasteiger partial charge in [0.2, 0.25) is 21.8 Å².